The van der Waals surface area contributed by atoms with E-state index in [0.29, 0.717) is 19.3 Å². The van der Waals surface area contributed by atoms with Gasteiger partial charge in [-0.05, 0) is 77.0 Å². The molecule has 0 saturated carbocycles. The molecule has 0 aromatic carbocycles. The number of aliphatic hydroxyl groups excluding tert-OH is 2. The van der Waals surface area contributed by atoms with Gasteiger partial charge in [-0.25, -0.2) is 4.79 Å². The second-order valence-electron chi connectivity index (χ2n) is 18.5. The number of carbonyl (C=O) groups is 4. The molecule has 396 valence electrons. The van der Waals surface area contributed by atoms with Crippen molar-refractivity contribution < 1.29 is 58.2 Å². The largest absolute Gasteiger partial charge is 0.479 e. The zero-order valence-electron chi connectivity index (χ0n) is 43.3. The van der Waals surface area contributed by atoms with E-state index in [9.17, 15) is 34.5 Å². The lowest BCUT2D eigenvalue weighted by Gasteiger charge is -2.40. The molecule has 1 heterocycles. The van der Waals surface area contributed by atoms with Crippen LogP contribution in [0, 0.1) is 0 Å². The first-order valence-electron chi connectivity index (χ1n) is 27.3. The van der Waals surface area contributed by atoms with E-state index in [1.54, 1.807) is 0 Å². The van der Waals surface area contributed by atoms with Crippen LogP contribution in [-0.4, -0.2) is 89.2 Å². The number of hydrogen-bond donors (Lipinski definition) is 3. The fourth-order valence-electron chi connectivity index (χ4n) is 7.89. The predicted octanol–water partition coefficient (Wildman–Crippen LogP) is 13.2. The van der Waals surface area contributed by atoms with Crippen LogP contribution in [0.3, 0.4) is 0 Å². The van der Waals surface area contributed by atoms with Crippen molar-refractivity contribution in [1.29, 1.82) is 0 Å². The van der Waals surface area contributed by atoms with Crippen molar-refractivity contribution in [2.45, 2.75) is 263 Å². The Kier molecular flexibility index (Phi) is 41.9. The molecule has 0 aliphatic carbocycles. The molecule has 6 unspecified atom stereocenters. The number of aliphatic hydroxyl groups is 2. The SMILES string of the molecule is CC/C=C\C/C=C\C/C=C\CCCCCC(=O)OCC(COC1OC(C(=O)O)C(O)C(O)C1OC(=O)CCCCCCC/C=C\C/C=C\CCC)OC(=O)CCCCCCCCCCCCCCC. The Morgan fingerprint density at radius 3 is 1.46 bits per heavy atom. The van der Waals surface area contributed by atoms with Crippen molar-refractivity contribution in [1.82, 2.24) is 0 Å². The first kappa shape index (κ1) is 63.4. The third-order valence-electron chi connectivity index (χ3n) is 12.1. The maximum Gasteiger partial charge on any atom is 0.335 e. The molecule has 1 aliphatic rings. The van der Waals surface area contributed by atoms with Gasteiger partial charge in [-0.15, -0.1) is 0 Å². The molecule has 12 heteroatoms. The van der Waals surface area contributed by atoms with Crippen LogP contribution >= 0.6 is 0 Å². The highest BCUT2D eigenvalue weighted by molar-refractivity contribution is 5.74. The van der Waals surface area contributed by atoms with Crippen LogP contribution in [0.15, 0.2) is 60.8 Å². The van der Waals surface area contributed by atoms with Gasteiger partial charge in [-0.2, -0.15) is 0 Å². The number of rotatable bonds is 45. The number of unbranched alkanes of at least 4 members (excludes halogenated alkanes) is 21. The van der Waals surface area contributed by atoms with Crippen LogP contribution in [0.4, 0.5) is 0 Å². The molecular weight excluding hydrogens is 877 g/mol. The maximum absolute atomic E-state index is 13.1. The Morgan fingerprint density at radius 2 is 0.942 bits per heavy atom. The number of hydrogen-bond acceptors (Lipinski definition) is 11. The zero-order valence-corrected chi connectivity index (χ0v) is 43.3. The van der Waals surface area contributed by atoms with Crippen molar-refractivity contribution in [3.8, 4) is 0 Å². The minimum Gasteiger partial charge on any atom is -0.479 e. The van der Waals surface area contributed by atoms with Crippen LogP contribution in [0.5, 0.6) is 0 Å². The van der Waals surface area contributed by atoms with Gasteiger partial charge in [0.1, 0.15) is 18.8 Å². The van der Waals surface area contributed by atoms with Crippen LogP contribution in [-0.2, 0) is 42.9 Å². The molecule has 0 aromatic rings. The molecular formula is C57H96O12. The van der Waals surface area contributed by atoms with Crippen LogP contribution in [0.2, 0.25) is 0 Å². The van der Waals surface area contributed by atoms with E-state index >= 15 is 0 Å². The Labute approximate surface area is 417 Å². The Bertz CT molecular complexity index is 1440. The summed E-state index contributed by atoms with van der Waals surface area (Å²) >= 11 is 0. The summed E-state index contributed by atoms with van der Waals surface area (Å²) in [6.07, 6.45) is 42.0. The summed E-state index contributed by atoms with van der Waals surface area (Å²) in [6.45, 7) is 5.76. The Hall–Kier alpha value is -3.58. The van der Waals surface area contributed by atoms with E-state index in [0.717, 1.165) is 109 Å². The van der Waals surface area contributed by atoms with Crippen molar-refractivity contribution in [2.75, 3.05) is 13.2 Å². The molecule has 69 heavy (non-hydrogen) atoms. The molecule has 0 bridgehead atoms. The smallest absolute Gasteiger partial charge is 0.335 e. The van der Waals surface area contributed by atoms with E-state index in [1.807, 2.05) is 0 Å². The van der Waals surface area contributed by atoms with Gasteiger partial charge in [0.25, 0.3) is 0 Å². The van der Waals surface area contributed by atoms with E-state index in [-0.39, 0.29) is 25.9 Å². The third-order valence-corrected chi connectivity index (χ3v) is 12.1. The highest BCUT2D eigenvalue weighted by Crippen LogP contribution is 2.26. The molecule has 3 N–H and O–H groups in total. The summed E-state index contributed by atoms with van der Waals surface area (Å²) in [4.78, 5) is 50.9. The molecule has 0 amide bonds. The number of ether oxygens (including phenoxy) is 5. The van der Waals surface area contributed by atoms with Gasteiger partial charge in [0, 0.05) is 19.3 Å². The van der Waals surface area contributed by atoms with Gasteiger partial charge in [0.05, 0.1) is 6.61 Å². The highest BCUT2D eigenvalue weighted by Gasteiger charge is 2.50. The van der Waals surface area contributed by atoms with Gasteiger partial charge in [-0.1, -0.05) is 191 Å². The van der Waals surface area contributed by atoms with Gasteiger partial charge in [-0.3, -0.25) is 14.4 Å². The number of carboxylic acids is 1. The summed E-state index contributed by atoms with van der Waals surface area (Å²) in [5.74, 6) is -3.17. The molecule has 1 saturated heterocycles. The molecule has 6 atom stereocenters. The quantitative estimate of drug-likeness (QED) is 0.0228. The third kappa shape index (κ3) is 36.1. The van der Waals surface area contributed by atoms with E-state index < -0.39 is 67.3 Å². The van der Waals surface area contributed by atoms with E-state index in [4.69, 9.17) is 23.7 Å². The van der Waals surface area contributed by atoms with Crippen LogP contribution in [0.25, 0.3) is 0 Å². The number of allylic oxidation sites excluding steroid dienone is 10. The fourth-order valence-corrected chi connectivity index (χ4v) is 7.89. The van der Waals surface area contributed by atoms with E-state index in [2.05, 4.69) is 81.5 Å². The molecule has 1 rings (SSSR count). The zero-order chi connectivity index (χ0) is 50.4. The molecule has 1 fully saturated rings. The van der Waals surface area contributed by atoms with Crippen LogP contribution < -0.4 is 0 Å². The summed E-state index contributed by atoms with van der Waals surface area (Å²) in [5.41, 5.74) is 0. The fraction of sp³-hybridized carbons (Fsp3) is 0.754. The van der Waals surface area contributed by atoms with Crippen LogP contribution in [0.1, 0.15) is 226 Å². The van der Waals surface area contributed by atoms with Crippen molar-refractivity contribution in [3.05, 3.63) is 60.8 Å². The number of aliphatic carboxylic acids is 1. The van der Waals surface area contributed by atoms with Crippen molar-refractivity contribution in [2.24, 2.45) is 0 Å². The molecule has 1 aliphatic heterocycles. The molecule has 0 aromatic heterocycles. The lowest BCUT2D eigenvalue weighted by molar-refractivity contribution is -0.301. The second-order valence-corrected chi connectivity index (χ2v) is 18.5. The number of carbonyl (C=O) groups excluding carboxylic acids is 3. The lowest BCUT2D eigenvalue weighted by Crippen LogP contribution is -2.61. The first-order valence-corrected chi connectivity index (χ1v) is 27.3. The monoisotopic (exact) mass is 973 g/mol. The minimum atomic E-state index is -1.91. The van der Waals surface area contributed by atoms with Gasteiger partial charge >= 0.3 is 23.9 Å². The second kappa shape index (κ2) is 45.6. The molecule has 0 spiro atoms. The Balaban J connectivity index is 2.75. The Morgan fingerprint density at radius 1 is 0.493 bits per heavy atom. The van der Waals surface area contributed by atoms with Gasteiger partial charge < -0.3 is 39.0 Å². The average Bonchev–Trinajstić information content (AvgIpc) is 3.33. The summed E-state index contributed by atoms with van der Waals surface area (Å²) in [6, 6.07) is 0. The topological polar surface area (TPSA) is 175 Å². The summed E-state index contributed by atoms with van der Waals surface area (Å²) in [5, 5.41) is 31.4. The predicted molar refractivity (Wildman–Crippen MR) is 275 cm³/mol. The lowest BCUT2D eigenvalue weighted by atomic mass is 9.98. The normalized spacial score (nSPS) is 19.1. The number of esters is 3. The van der Waals surface area contributed by atoms with Gasteiger partial charge in [0.2, 0.25) is 0 Å². The standard InChI is InChI=1S/C57H96O12/c1-4-7-10-13-16-19-22-25-28-31-34-37-40-43-49(58)65-46-48(67-50(59)44-41-38-35-32-29-26-23-20-17-14-11-8-5-2)47-66-57-55(53(62)52(61)54(69-57)56(63)64)68-51(60)45-42-39-36-33-30-27-24-21-18-15-12-9-6-3/h7,10,12,15-16,19,21,24-25,28,48,52-55,57,61-62H,4-6,8-9,11,13-14,17-18,20,22-23,26-27,29-47H2,1-3H3,(H,63,64)/b10-7-,15-12-,19-16-,24-21-,28-25-. The molecule has 0 radical (unpaired) electrons. The minimum absolute atomic E-state index is 0.0412. The van der Waals surface area contributed by atoms with Gasteiger partial charge in [0.15, 0.2) is 24.6 Å². The highest BCUT2D eigenvalue weighted by atomic mass is 16.7. The maximum atomic E-state index is 13.1. The average molecular weight is 973 g/mol. The van der Waals surface area contributed by atoms with E-state index in [1.165, 1.54) is 57.8 Å². The molecule has 12 nitrogen and oxygen atoms in total. The van der Waals surface area contributed by atoms with Crippen molar-refractivity contribution in [3.63, 3.8) is 0 Å². The summed E-state index contributed by atoms with van der Waals surface area (Å²) in [7, 11) is 0. The number of carboxylic acid groups (broad SMARTS) is 1. The van der Waals surface area contributed by atoms with Crippen molar-refractivity contribution >= 4 is 23.9 Å². The summed E-state index contributed by atoms with van der Waals surface area (Å²) < 4.78 is 28.3. The first-order chi connectivity index (χ1) is 33.6.